The van der Waals surface area contributed by atoms with E-state index in [2.05, 4.69) is 4.98 Å². The van der Waals surface area contributed by atoms with Crippen LogP contribution in [-0.2, 0) is 0 Å². The monoisotopic (exact) mass is 298 g/mol. The van der Waals surface area contributed by atoms with Gasteiger partial charge >= 0.3 is 0 Å². The first-order valence-electron chi connectivity index (χ1n) is 5.92. The van der Waals surface area contributed by atoms with Gasteiger partial charge in [-0.15, -0.1) is 0 Å². The second-order valence-corrected chi connectivity index (χ2v) is 4.74. The van der Waals surface area contributed by atoms with Crippen LogP contribution in [0, 0.1) is 21.4 Å². The lowest BCUT2D eigenvalue weighted by molar-refractivity contribution is -0.385. The minimum Gasteiger partial charge on any atom is -0.284 e. The van der Waals surface area contributed by atoms with Crippen molar-refractivity contribution in [1.29, 1.82) is 5.26 Å². The van der Waals surface area contributed by atoms with Crippen LogP contribution < -0.4 is 0 Å². The molecular weight excluding hydrogens is 292 g/mol. The Balaban J connectivity index is 2.27. The summed E-state index contributed by atoms with van der Waals surface area (Å²) in [5.74, 6) is 0. The predicted octanol–water partition coefficient (Wildman–Crippen LogP) is 3.43. The Labute approximate surface area is 124 Å². The van der Waals surface area contributed by atoms with Crippen LogP contribution in [0.15, 0.2) is 42.6 Å². The number of aromatic nitrogens is 2. The van der Waals surface area contributed by atoms with Crippen molar-refractivity contribution in [3.05, 3.63) is 63.4 Å². The second kappa shape index (κ2) is 4.89. The fraction of sp³-hybridized carbons (Fsp3) is 0. The normalized spacial score (nSPS) is 10.5. The minimum atomic E-state index is -0.511. The molecule has 2 heterocycles. The molecule has 0 aliphatic heterocycles. The highest BCUT2D eigenvalue weighted by Crippen LogP contribution is 2.26. The molecule has 0 saturated carbocycles. The number of hydrogen-bond acceptors (Lipinski definition) is 4. The molecule has 6 nitrogen and oxygen atoms in total. The van der Waals surface area contributed by atoms with Crippen molar-refractivity contribution in [2.75, 3.05) is 0 Å². The van der Waals surface area contributed by atoms with E-state index in [9.17, 15) is 15.4 Å². The molecule has 0 saturated heterocycles. The summed E-state index contributed by atoms with van der Waals surface area (Å²) in [4.78, 5) is 14.7. The second-order valence-electron chi connectivity index (χ2n) is 4.30. The zero-order valence-corrected chi connectivity index (χ0v) is 11.3. The number of hydrogen-bond donors (Lipinski definition) is 0. The fourth-order valence-electron chi connectivity index (χ4n) is 2.06. The molecule has 0 aliphatic carbocycles. The lowest BCUT2D eigenvalue weighted by Gasteiger charge is -1.98. The molecule has 3 rings (SSSR count). The Bertz CT molecular complexity index is 894. The molecule has 2 aromatic heterocycles. The third-order valence-electron chi connectivity index (χ3n) is 3.04. The van der Waals surface area contributed by atoms with Crippen molar-refractivity contribution in [1.82, 2.24) is 9.38 Å². The van der Waals surface area contributed by atoms with Gasteiger partial charge in [-0.25, -0.2) is 4.98 Å². The number of nitro groups is 1. The van der Waals surface area contributed by atoms with Crippen LogP contribution in [0.25, 0.3) is 16.9 Å². The van der Waals surface area contributed by atoms with Gasteiger partial charge in [-0.1, -0.05) is 23.7 Å². The molecule has 0 radical (unpaired) electrons. The molecule has 0 amide bonds. The molecule has 0 aliphatic rings. The number of nitrogens with zero attached hydrogens (tertiary/aromatic N) is 4. The lowest BCUT2D eigenvalue weighted by atomic mass is 10.1. The third-order valence-corrected chi connectivity index (χ3v) is 3.29. The number of fused-ring (bicyclic) bond motifs is 1. The molecule has 0 bridgehead atoms. The Morgan fingerprint density at radius 2 is 1.95 bits per heavy atom. The summed E-state index contributed by atoms with van der Waals surface area (Å²) in [5, 5.41) is 20.8. The maximum absolute atomic E-state index is 10.8. The molecule has 1 aromatic carbocycles. The molecular formula is C14H7ClN4O2. The van der Waals surface area contributed by atoms with Crippen LogP contribution in [-0.4, -0.2) is 14.3 Å². The molecule has 0 atom stereocenters. The topological polar surface area (TPSA) is 84.2 Å². The van der Waals surface area contributed by atoms with Crippen molar-refractivity contribution < 1.29 is 4.92 Å². The third kappa shape index (κ3) is 2.20. The highest BCUT2D eigenvalue weighted by atomic mass is 35.5. The Morgan fingerprint density at radius 3 is 2.57 bits per heavy atom. The van der Waals surface area contributed by atoms with Crippen molar-refractivity contribution in [2.45, 2.75) is 0 Å². The Kier molecular flexibility index (Phi) is 3.05. The number of benzene rings is 1. The zero-order chi connectivity index (χ0) is 15.0. The molecule has 0 fully saturated rings. The van der Waals surface area contributed by atoms with Crippen LogP contribution in [0.1, 0.15) is 5.69 Å². The van der Waals surface area contributed by atoms with E-state index in [1.165, 1.54) is 22.7 Å². The SMILES string of the molecule is N#Cc1c(-c2ccc(Cl)cc2)nc2ccc([N+](=O)[O-])cn12. The van der Waals surface area contributed by atoms with E-state index in [1.54, 1.807) is 24.3 Å². The van der Waals surface area contributed by atoms with E-state index in [-0.39, 0.29) is 11.4 Å². The van der Waals surface area contributed by atoms with Gasteiger partial charge in [-0.3, -0.25) is 14.5 Å². The van der Waals surface area contributed by atoms with E-state index in [0.717, 1.165) is 5.56 Å². The summed E-state index contributed by atoms with van der Waals surface area (Å²) in [7, 11) is 0. The van der Waals surface area contributed by atoms with Crippen molar-refractivity contribution in [3.8, 4) is 17.3 Å². The summed E-state index contributed by atoms with van der Waals surface area (Å²) < 4.78 is 1.42. The highest BCUT2D eigenvalue weighted by molar-refractivity contribution is 6.30. The molecule has 3 aromatic rings. The van der Waals surface area contributed by atoms with Crippen molar-refractivity contribution >= 4 is 22.9 Å². The lowest BCUT2D eigenvalue weighted by Crippen LogP contribution is -1.93. The van der Waals surface area contributed by atoms with Gasteiger partial charge in [-0.05, 0) is 18.2 Å². The minimum absolute atomic E-state index is 0.0981. The van der Waals surface area contributed by atoms with Gasteiger partial charge in [0.2, 0.25) is 0 Å². The largest absolute Gasteiger partial charge is 0.286 e. The summed E-state index contributed by atoms with van der Waals surface area (Å²) in [6.07, 6.45) is 1.29. The number of rotatable bonds is 2. The van der Waals surface area contributed by atoms with Gasteiger partial charge in [0.05, 0.1) is 11.1 Å². The fourth-order valence-corrected chi connectivity index (χ4v) is 2.18. The maximum atomic E-state index is 10.8. The van der Waals surface area contributed by atoms with Gasteiger partial charge in [-0.2, -0.15) is 5.26 Å². The summed E-state index contributed by atoms with van der Waals surface area (Å²) in [6.45, 7) is 0. The molecule has 7 heteroatoms. The van der Waals surface area contributed by atoms with Crippen LogP contribution in [0.2, 0.25) is 5.02 Å². The average molecular weight is 299 g/mol. The van der Waals surface area contributed by atoms with Crippen molar-refractivity contribution in [2.24, 2.45) is 0 Å². The number of pyridine rings is 1. The van der Waals surface area contributed by atoms with Gasteiger partial charge in [0.25, 0.3) is 5.69 Å². The smallest absolute Gasteiger partial charge is 0.284 e. The van der Waals surface area contributed by atoms with E-state index in [0.29, 0.717) is 16.4 Å². The van der Waals surface area contributed by atoms with Gasteiger partial charge in [0.1, 0.15) is 17.4 Å². The molecule has 0 spiro atoms. The van der Waals surface area contributed by atoms with Crippen LogP contribution in [0.3, 0.4) is 0 Å². The van der Waals surface area contributed by atoms with Gasteiger partial charge in [0.15, 0.2) is 5.69 Å². The first kappa shape index (κ1) is 13.1. The first-order chi connectivity index (χ1) is 10.1. The average Bonchev–Trinajstić information content (AvgIpc) is 2.85. The van der Waals surface area contributed by atoms with Gasteiger partial charge in [0, 0.05) is 16.7 Å². The van der Waals surface area contributed by atoms with Crippen LogP contribution >= 0.6 is 11.6 Å². The summed E-state index contributed by atoms with van der Waals surface area (Å²) >= 11 is 5.84. The first-order valence-corrected chi connectivity index (χ1v) is 6.30. The quantitative estimate of drug-likeness (QED) is 0.536. The Hall–Kier alpha value is -2.91. The molecule has 0 N–H and O–H groups in total. The summed E-state index contributed by atoms with van der Waals surface area (Å²) in [5.41, 5.74) is 1.81. The van der Waals surface area contributed by atoms with Gasteiger partial charge < -0.3 is 0 Å². The van der Waals surface area contributed by atoms with E-state index < -0.39 is 4.92 Å². The molecule has 21 heavy (non-hydrogen) atoms. The van der Waals surface area contributed by atoms with E-state index in [1.807, 2.05) is 6.07 Å². The maximum Gasteiger partial charge on any atom is 0.286 e. The highest BCUT2D eigenvalue weighted by Gasteiger charge is 2.16. The van der Waals surface area contributed by atoms with Crippen LogP contribution in [0.5, 0.6) is 0 Å². The number of nitriles is 1. The molecule has 0 unspecified atom stereocenters. The number of halogens is 1. The predicted molar refractivity (Wildman–Crippen MR) is 77.0 cm³/mol. The zero-order valence-electron chi connectivity index (χ0n) is 10.5. The summed E-state index contributed by atoms with van der Waals surface area (Å²) in [6, 6.07) is 11.8. The Morgan fingerprint density at radius 1 is 1.24 bits per heavy atom. The number of imidazole rings is 1. The molecule has 102 valence electrons. The van der Waals surface area contributed by atoms with Crippen LogP contribution in [0.4, 0.5) is 5.69 Å². The standard InChI is InChI=1S/C14H7ClN4O2/c15-10-3-1-9(2-4-10)14-12(7-16)18-8-11(19(20)21)5-6-13(18)17-14/h1-6,8H. The van der Waals surface area contributed by atoms with E-state index in [4.69, 9.17) is 11.6 Å². The van der Waals surface area contributed by atoms with Crippen molar-refractivity contribution in [3.63, 3.8) is 0 Å². The van der Waals surface area contributed by atoms with E-state index >= 15 is 0 Å².